The lowest BCUT2D eigenvalue weighted by Gasteiger charge is -2.29. The first-order valence-electron chi connectivity index (χ1n) is 5.70. The number of allylic oxidation sites excluding steroid dienone is 1. The van der Waals surface area contributed by atoms with Gasteiger partial charge in [0.15, 0.2) is 0 Å². The highest BCUT2D eigenvalue weighted by Gasteiger charge is 2.41. The van der Waals surface area contributed by atoms with E-state index in [1.54, 1.807) is 0 Å². The first-order chi connectivity index (χ1) is 7.17. The van der Waals surface area contributed by atoms with Crippen molar-refractivity contribution >= 4 is 5.69 Å². The van der Waals surface area contributed by atoms with E-state index in [1.807, 2.05) is 0 Å². The number of fused-ring (bicyclic) bond motifs is 1. The summed E-state index contributed by atoms with van der Waals surface area (Å²) in [5.41, 5.74) is 4.19. The van der Waals surface area contributed by atoms with Gasteiger partial charge in [-0.3, -0.25) is 0 Å². The van der Waals surface area contributed by atoms with E-state index in [1.165, 1.54) is 16.9 Å². The zero-order valence-electron chi connectivity index (χ0n) is 9.88. The monoisotopic (exact) mass is 201 g/mol. The van der Waals surface area contributed by atoms with Crippen molar-refractivity contribution < 1.29 is 0 Å². The van der Waals surface area contributed by atoms with Crippen LogP contribution in [0, 0.1) is 0 Å². The van der Waals surface area contributed by atoms with Crippen molar-refractivity contribution in [2.75, 3.05) is 11.9 Å². The van der Waals surface area contributed by atoms with E-state index in [4.69, 9.17) is 0 Å². The Morgan fingerprint density at radius 1 is 1.20 bits per heavy atom. The summed E-state index contributed by atoms with van der Waals surface area (Å²) < 4.78 is 0. The highest BCUT2D eigenvalue weighted by Crippen LogP contribution is 2.50. The fourth-order valence-corrected chi connectivity index (χ4v) is 2.83. The van der Waals surface area contributed by atoms with Gasteiger partial charge in [0.1, 0.15) is 0 Å². The molecule has 0 saturated carbocycles. The molecule has 0 spiro atoms. The van der Waals surface area contributed by atoms with Crippen LogP contribution in [0.4, 0.5) is 5.69 Å². The zero-order valence-corrected chi connectivity index (χ0v) is 9.88. The second kappa shape index (κ2) is 3.41. The van der Waals surface area contributed by atoms with E-state index in [-0.39, 0.29) is 5.41 Å². The average molecular weight is 201 g/mol. The van der Waals surface area contributed by atoms with Gasteiger partial charge in [0.25, 0.3) is 0 Å². The number of benzene rings is 1. The number of hydrogen-bond acceptors (Lipinski definition) is 1. The molecule has 1 heteroatoms. The molecule has 0 saturated heterocycles. The molecule has 0 radical (unpaired) electrons. The largest absolute Gasteiger partial charge is 0.348 e. The van der Waals surface area contributed by atoms with Crippen molar-refractivity contribution in [1.82, 2.24) is 0 Å². The molecule has 1 heterocycles. The predicted molar refractivity (Wildman–Crippen MR) is 66.2 cm³/mol. The minimum Gasteiger partial charge on any atom is -0.348 e. The Labute approximate surface area is 92.4 Å². The molecule has 1 aromatic carbocycles. The van der Waals surface area contributed by atoms with E-state index < -0.39 is 0 Å². The number of rotatable bonds is 2. The van der Waals surface area contributed by atoms with E-state index in [2.05, 4.69) is 56.6 Å². The summed E-state index contributed by atoms with van der Waals surface area (Å²) in [6, 6.07) is 8.67. The summed E-state index contributed by atoms with van der Waals surface area (Å²) in [5.74, 6) is 0. The molecule has 0 N–H and O–H groups in total. The quantitative estimate of drug-likeness (QED) is 0.705. The molecule has 1 aliphatic rings. The minimum absolute atomic E-state index is 0.172. The standard InChI is InChI=1S/C14H19N/c1-5-14(6-2)11(3)15(4)13-10-8-7-9-12(13)14/h7-10H,3,5-6H2,1-2,4H3. The van der Waals surface area contributed by atoms with Gasteiger partial charge in [-0.25, -0.2) is 0 Å². The van der Waals surface area contributed by atoms with Crippen LogP contribution in [-0.4, -0.2) is 7.05 Å². The van der Waals surface area contributed by atoms with Crippen LogP contribution < -0.4 is 4.90 Å². The molecule has 0 bridgehead atoms. The molecule has 15 heavy (non-hydrogen) atoms. The van der Waals surface area contributed by atoms with Crippen molar-refractivity contribution in [2.45, 2.75) is 32.1 Å². The number of hydrogen-bond donors (Lipinski definition) is 0. The molecule has 1 aromatic rings. The Balaban J connectivity index is 2.65. The van der Waals surface area contributed by atoms with Gasteiger partial charge < -0.3 is 4.90 Å². The molecule has 0 atom stereocenters. The van der Waals surface area contributed by atoms with Gasteiger partial charge in [0, 0.05) is 23.8 Å². The lowest BCUT2D eigenvalue weighted by molar-refractivity contribution is 0.480. The average Bonchev–Trinajstić information content (AvgIpc) is 2.51. The van der Waals surface area contributed by atoms with Crippen LogP contribution in [0.1, 0.15) is 32.3 Å². The number of likely N-dealkylation sites (N-methyl/N-ethyl adjacent to an activating group) is 1. The van der Waals surface area contributed by atoms with Gasteiger partial charge in [0.2, 0.25) is 0 Å². The Morgan fingerprint density at radius 2 is 1.80 bits per heavy atom. The fraction of sp³-hybridized carbons (Fsp3) is 0.429. The SMILES string of the molecule is C=C1N(C)c2ccccc2C1(CC)CC. The van der Waals surface area contributed by atoms with Gasteiger partial charge in [-0.05, 0) is 24.5 Å². The zero-order chi connectivity index (χ0) is 11.1. The maximum Gasteiger partial charge on any atom is 0.0448 e. The second-order valence-electron chi connectivity index (χ2n) is 4.31. The molecule has 0 unspecified atom stereocenters. The van der Waals surface area contributed by atoms with Crippen LogP contribution in [0.25, 0.3) is 0 Å². The summed E-state index contributed by atoms with van der Waals surface area (Å²) in [4.78, 5) is 2.24. The van der Waals surface area contributed by atoms with Crippen molar-refractivity contribution in [3.63, 3.8) is 0 Å². The third-order valence-corrected chi connectivity index (χ3v) is 3.95. The third kappa shape index (κ3) is 1.16. The molecule has 0 aromatic heterocycles. The summed E-state index contributed by atoms with van der Waals surface area (Å²) in [6.45, 7) is 8.78. The van der Waals surface area contributed by atoms with Crippen molar-refractivity contribution in [3.8, 4) is 0 Å². The minimum atomic E-state index is 0.172. The molecule has 2 rings (SSSR count). The topological polar surface area (TPSA) is 3.24 Å². The van der Waals surface area contributed by atoms with Gasteiger partial charge in [0.05, 0.1) is 0 Å². The highest BCUT2D eigenvalue weighted by atomic mass is 15.2. The summed E-state index contributed by atoms with van der Waals surface area (Å²) in [7, 11) is 2.12. The first-order valence-corrected chi connectivity index (χ1v) is 5.70. The lowest BCUT2D eigenvalue weighted by atomic mass is 9.75. The van der Waals surface area contributed by atoms with Gasteiger partial charge in [-0.2, -0.15) is 0 Å². The lowest BCUT2D eigenvalue weighted by Crippen LogP contribution is -2.27. The third-order valence-electron chi connectivity index (χ3n) is 3.95. The summed E-state index contributed by atoms with van der Waals surface area (Å²) in [5, 5.41) is 0. The maximum absolute atomic E-state index is 4.27. The predicted octanol–water partition coefficient (Wildman–Crippen LogP) is 3.71. The van der Waals surface area contributed by atoms with Crippen LogP contribution in [0.2, 0.25) is 0 Å². The van der Waals surface area contributed by atoms with Crippen LogP contribution in [-0.2, 0) is 5.41 Å². The molecule has 0 aliphatic carbocycles. The van der Waals surface area contributed by atoms with Gasteiger partial charge in [-0.15, -0.1) is 0 Å². The number of nitrogens with zero attached hydrogens (tertiary/aromatic N) is 1. The Morgan fingerprint density at radius 3 is 2.40 bits per heavy atom. The van der Waals surface area contributed by atoms with Crippen LogP contribution in [0.3, 0.4) is 0 Å². The Bertz CT molecular complexity index is 388. The molecule has 1 nitrogen and oxygen atoms in total. The van der Waals surface area contributed by atoms with E-state index in [0.29, 0.717) is 0 Å². The molecule has 80 valence electrons. The van der Waals surface area contributed by atoms with Crippen molar-refractivity contribution in [2.24, 2.45) is 0 Å². The molecular weight excluding hydrogens is 182 g/mol. The fourth-order valence-electron chi connectivity index (χ4n) is 2.83. The molecular formula is C14H19N. The van der Waals surface area contributed by atoms with Crippen LogP contribution in [0.15, 0.2) is 36.5 Å². The van der Waals surface area contributed by atoms with Crippen LogP contribution in [0.5, 0.6) is 0 Å². The highest BCUT2D eigenvalue weighted by molar-refractivity contribution is 5.69. The van der Waals surface area contributed by atoms with Gasteiger partial charge in [-0.1, -0.05) is 38.6 Å². The Hall–Kier alpha value is -1.24. The number of para-hydroxylation sites is 1. The first kappa shape index (κ1) is 10.3. The molecule has 0 fully saturated rings. The van der Waals surface area contributed by atoms with Crippen LogP contribution >= 0.6 is 0 Å². The van der Waals surface area contributed by atoms with E-state index in [0.717, 1.165) is 12.8 Å². The van der Waals surface area contributed by atoms with Crippen molar-refractivity contribution in [3.05, 3.63) is 42.1 Å². The molecule has 0 amide bonds. The Kier molecular flexibility index (Phi) is 2.34. The molecule has 1 aliphatic heterocycles. The maximum atomic E-state index is 4.27. The normalized spacial score (nSPS) is 18.1. The second-order valence-corrected chi connectivity index (χ2v) is 4.31. The summed E-state index contributed by atoms with van der Waals surface area (Å²) >= 11 is 0. The number of anilines is 1. The van der Waals surface area contributed by atoms with E-state index in [9.17, 15) is 0 Å². The van der Waals surface area contributed by atoms with E-state index >= 15 is 0 Å². The smallest absolute Gasteiger partial charge is 0.0448 e. The van der Waals surface area contributed by atoms with Crippen molar-refractivity contribution in [1.29, 1.82) is 0 Å². The summed E-state index contributed by atoms with van der Waals surface area (Å²) in [6.07, 6.45) is 2.26. The van der Waals surface area contributed by atoms with Gasteiger partial charge >= 0.3 is 0 Å².